The second-order valence-corrected chi connectivity index (χ2v) is 2.00. The first kappa shape index (κ1) is 7.81. The molecule has 0 radical (unpaired) electrons. The highest BCUT2D eigenvalue weighted by Crippen LogP contribution is 2.08. The van der Waals surface area contributed by atoms with Crippen LogP contribution in [0.15, 0.2) is 10.6 Å². The molecule has 0 saturated carbocycles. The summed E-state index contributed by atoms with van der Waals surface area (Å²) < 4.78 is 0. The number of alkyl halides is 1. The van der Waals surface area contributed by atoms with Gasteiger partial charge in [0.15, 0.2) is 0 Å². The van der Waals surface area contributed by atoms with Crippen LogP contribution in [0.5, 0.6) is 0 Å². The van der Waals surface area contributed by atoms with Crippen molar-refractivity contribution in [2.75, 3.05) is 5.88 Å². The molecule has 0 N–H and O–H groups in total. The van der Waals surface area contributed by atoms with Crippen LogP contribution in [-0.2, 0) is 0 Å². The van der Waals surface area contributed by atoms with Crippen molar-refractivity contribution >= 4 is 23.2 Å². The molecule has 0 unspecified atom stereocenters. The Hall–Kier alpha value is -0.190. The van der Waals surface area contributed by atoms with Gasteiger partial charge in [0, 0.05) is 10.6 Å². The average Bonchev–Trinajstić information content (AvgIpc) is 1.84. The molecule has 0 saturated heterocycles. The number of nitriles is 1. The van der Waals surface area contributed by atoms with E-state index in [4.69, 9.17) is 28.5 Å². The molecule has 0 aliphatic rings. The highest BCUT2D eigenvalue weighted by atomic mass is 35.5. The monoisotopic (exact) mass is 149 g/mol. The second-order valence-electron chi connectivity index (χ2n) is 1.28. The quantitative estimate of drug-likeness (QED) is 0.415. The number of allylic oxidation sites excluding steroid dienone is 2. The molecule has 0 spiro atoms. The predicted molar refractivity (Wildman–Crippen MR) is 34.9 cm³/mol. The van der Waals surface area contributed by atoms with E-state index in [0.29, 0.717) is 10.6 Å². The van der Waals surface area contributed by atoms with Gasteiger partial charge in [-0.2, -0.15) is 5.26 Å². The maximum absolute atomic E-state index is 8.19. The van der Waals surface area contributed by atoms with Gasteiger partial charge in [0.05, 0.1) is 11.9 Å². The highest BCUT2D eigenvalue weighted by molar-refractivity contribution is 6.36. The number of hydrogen-bond acceptors (Lipinski definition) is 1. The summed E-state index contributed by atoms with van der Waals surface area (Å²) in [6.45, 7) is 1.63. The molecule has 8 heavy (non-hydrogen) atoms. The Bertz CT molecular complexity index is 143. The molecule has 0 aromatic carbocycles. The summed E-state index contributed by atoms with van der Waals surface area (Å²) in [5.41, 5.74) is 0.488. The number of rotatable bonds is 1. The van der Waals surface area contributed by atoms with E-state index >= 15 is 0 Å². The molecule has 0 aromatic heterocycles. The molecular weight excluding hydrogens is 145 g/mol. The van der Waals surface area contributed by atoms with Crippen LogP contribution in [0.2, 0.25) is 0 Å². The van der Waals surface area contributed by atoms with E-state index in [2.05, 4.69) is 0 Å². The third-order valence-corrected chi connectivity index (χ3v) is 1.51. The third-order valence-electron chi connectivity index (χ3n) is 0.692. The fraction of sp³-hybridized carbons (Fsp3) is 0.400. The van der Waals surface area contributed by atoms with Crippen molar-refractivity contribution in [1.29, 1.82) is 5.26 Å². The van der Waals surface area contributed by atoms with Crippen molar-refractivity contribution in [3.63, 3.8) is 0 Å². The van der Waals surface area contributed by atoms with Crippen molar-refractivity contribution in [2.45, 2.75) is 6.92 Å². The average molecular weight is 150 g/mol. The van der Waals surface area contributed by atoms with Crippen molar-refractivity contribution in [2.24, 2.45) is 0 Å². The first-order valence-electron chi connectivity index (χ1n) is 2.03. The molecular formula is C5H5Cl2N. The standard InChI is InChI=1S/C5H5Cl2N/c1-4(3-8)5(7)2-6/h2H2,1H3. The molecule has 0 aromatic rings. The number of hydrogen-bond donors (Lipinski definition) is 0. The van der Waals surface area contributed by atoms with Gasteiger partial charge in [-0.1, -0.05) is 11.6 Å². The van der Waals surface area contributed by atoms with E-state index in [1.165, 1.54) is 0 Å². The molecule has 0 aliphatic heterocycles. The van der Waals surface area contributed by atoms with Gasteiger partial charge in [0.25, 0.3) is 0 Å². The Morgan fingerprint density at radius 2 is 2.25 bits per heavy atom. The summed E-state index contributed by atoms with van der Waals surface area (Å²) in [5, 5.41) is 8.61. The Kier molecular flexibility index (Phi) is 3.68. The Labute approximate surface area is 58.5 Å². The van der Waals surface area contributed by atoms with Crippen LogP contribution in [0.1, 0.15) is 6.92 Å². The maximum atomic E-state index is 8.19. The van der Waals surface area contributed by atoms with Crippen LogP contribution in [0, 0.1) is 11.3 Å². The van der Waals surface area contributed by atoms with Gasteiger partial charge in [-0.25, -0.2) is 0 Å². The minimum Gasteiger partial charge on any atom is -0.193 e. The van der Waals surface area contributed by atoms with Crippen molar-refractivity contribution in [1.82, 2.24) is 0 Å². The minimum atomic E-state index is 0.223. The lowest BCUT2D eigenvalue weighted by molar-refractivity contribution is 1.41. The van der Waals surface area contributed by atoms with Crippen molar-refractivity contribution in [3.05, 3.63) is 10.6 Å². The lowest BCUT2D eigenvalue weighted by Gasteiger charge is -1.87. The molecule has 0 fully saturated rings. The molecule has 44 valence electrons. The lowest BCUT2D eigenvalue weighted by atomic mass is 10.3. The van der Waals surface area contributed by atoms with Crippen LogP contribution in [0.4, 0.5) is 0 Å². The van der Waals surface area contributed by atoms with Gasteiger partial charge in [-0.3, -0.25) is 0 Å². The van der Waals surface area contributed by atoms with E-state index in [1.807, 2.05) is 6.07 Å². The Balaban J connectivity index is 4.10. The summed E-state index contributed by atoms with van der Waals surface area (Å²) in [6, 6.07) is 1.88. The normalized spacial score (nSPS) is 12.2. The highest BCUT2D eigenvalue weighted by Gasteiger charge is 1.93. The van der Waals surface area contributed by atoms with Crippen molar-refractivity contribution < 1.29 is 0 Å². The van der Waals surface area contributed by atoms with Crippen LogP contribution in [0.3, 0.4) is 0 Å². The minimum absolute atomic E-state index is 0.223. The second kappa shape index (κ2) is 3.77. The number of halogens is 2. The summed E-state index contributed by atoms with van der Waals surface area (Å²) in [6.07, 6.45) is 0. The van der Waals surface area contributed by atoms with E-state index in [0.717, 1.165) is 0 Å². The molecule has 0 atom stereocenters. The van der Waals surface area contributed by atoms with Crippen LogP contribution in [-0.4, -0.2) is 5.88 Å². The van der Waals surface area contributed by atoms with Gasteiger partial charge >= 0.3 is 0 Å². The van der Waals surface area contributed by atoms with Crippen LogP contribution in [0.25, 0.3) is 0 Å². The van der Waals surface area contributed by atoms with E-state index < -0.39 is 0 Å². The zero-order chi connectivity index (χ0) is 6.57. The Morgan fingerprint density at radius 1 is 1.75 bits per heavy atom. The van der Waals surface area contributed by atoms with Gasteiger partial charge < -0.3 is 0 Å². The molecule has 0 bridgehead atoms. The maximum Gasteiger partial charge on any atom is 0.0956 e. The first-order chi connectivity index (χ1) is 3.72. The van der Waals surface area contributed by atoms with E-state index in [-0.39, 0.29) is 5.88 Å². The van der Waals surface area contributed by atoms with Crippen molar-refractivity contribution in [3.8, 4) is 6.07 Å². The molecule has 0 heterocycles. The summed E-state index contributed by atoms with van der Waals surface area (Å²) in [5.74, 6) is 0.223. The molecule has 0 aliphatic carbocycles. The topological polar surface area (TPSA) is 23.8 Å². The molecule has 1 nitrogen and oxygen atoms in total. The summed E-state index contributed by atoms with van der Waals surface area (Å²) in [4.78, 5) is 0. The SMILES string of the molecule is CC(C#N)=C(Cl)CCl. The largest absolute Gasteiger partial charge is 0.193 e. The van der Waals surface area contributed by atoms with Gasteiger partial charge in [-0.05, 0) is 6.92 Å². The zero-order valence-electron chi connectivity index (χ0n) is 4.41. The van der Waals surface area contributed by atoms with Gasteiger partial charge in [-0.15, -0.1) is 11.6 Å². The smallest absolute Gasteiger partial charge is 0.0956 e. The van der Waals surface area contributed by atoms with Gasteiger partial charge in [0.2, 0.25) is 0 Å². The summed E-state index contributed by atoms with van der Waals surface area (Å²) in [7, 11) is 0. The van der Waals surface area contributed by atoms with E-state index in [9.17, 15) is 0 Å². The fourth-order valence-corrected chi connectivity index (χ4v) is 0.404. The number of nitrogens with zero attached hydrogens (tertiary/aromatic N) is 1. The predicted octanol–water partition coefficient (Wildman–Crippen LogP) is 2.26. The van der Waals surface area contributed by atoms with Crippen LogP contribution < -0.4 is 0 Å². The van der Waals surface area contributed by atoms with Gasteiger partial charge in [0.1, 0.15) is 0 Å². The fourth-order valence-electron chi connectivity index (χ4n) is 0.161. The molecule has 0 rings (SSSR count). The zero-order valence-corrected chi connectivity index (χ0v) is 5.92. The summed E-state index contributed by atoms with van der Waals surface area (Å²) >= 11 is 10.7. The molecule has 3 heteroatoms. The van der Waals surface area contributed by atoms with E-state index in [1.54, 1.807) is 6.92 Å². The molecule has 0 amide bonds. The lowest BCUT2D eigenvalue weighted by Crippen LogP contribution is -1.77. The Morgan fingerprint density at radius 3 is 2.38 bits per heavy atom. The third kappa shape index (κ3) is 2.20. The van der Waals surface area contributed by atoms with Crippen LogP contribution >= 0.6 is 23.2 Å². The first-order valence-corrected chi connectivity index (χ1v) is 2.95.